The standard InChI is InChI=1S/C16H20N4O6S/c1-4-25-14(21)9-20(16(17)22)12-7-5-6-8-13(12)27(23,24)19-15-10(2)11(3)18-26-15/h5-8,19H,4,9H2,1-3H3,(H2,17,22). The number of nitrogens with two attached hydrogens (primary N) is 1. The summed E-state index contributed by atoms with van der Waals surface area (Å²) in [6.45, 7) is 4.49. The van der Waals surface area contributed by atoms with Gasteiger partial charge >= 0.3 is 12.0 Å². The lowest BCUT2D eigenvalue weighted by Crippen LogP contribution is -2.41. The van der Waals surface area contributed by atoms with Gasteiger partial charge in [0.1, 0.15) is 11.4 Å². The molecular formula is C16H20N4O6S. The molecule has 0 unspecified atom stereocenters. The van der Waals surface area contributed by atoms with Crippen LogP contribution in [0.15, 0.2) is 33.7 Å². The number of carbonyl (C=O) groups excluding carboxylic acids is 2. The first-order valence-electron chi connectivity index (χ1n) is 7.94. The molecule has 2 amide bonds. The van der Waals surface area contributed by atoms with Gasteiger partial charge in [-0.1, -0.05) is 17.3 Å². The molecule has 1 heterocycles. The lowest BCUT2D eigenvalue weighted by molar-refractivity contribution is -0.141. The number of aryl methyl sites for hydroxylation is 1. The highest BCUT2D eigenvalue weighted by Gasteiger charge is 2.27. The number of rotatable bonds is 7. The van der Waals surface area contributed by atoms with Crippen LogP contribution < -0.4 is 15.4 Å². The third-order valence-electron chi connectivity index (χ3n) is 3.69. The first-order valence-corrected chi connectivity index (χ1v) is 9.43. The minimum atomic E-state index is -4.17. The average Bonchev–Trinajstić information content (AvgIpc) is 2.91. The van der Waals surface area contributed by atoms with E-state index in [1.807, 2.05) is 0 Å². The minimum absolute atomic E-state index is 0.0432. The first kappa shape index (κ1) is 20.2. The van der Waals surface area contributed by atoms with Crippen LogP contribution in [0.2, 0.25) is 0 Å². The summed E-state index contributed by atoms with van der Waals surface area (Å²) >= 11 is 0. The predicted octanol–water partition coefficient (Wildman–Crippen LogP) is 1.54. The van der Waals surface area contributed by atoms with Gasteiger partial charge in [0.25, 0.3) is 10.0 Å². The molecular weight excluding hydrogens is 376 g/mol. The van der Waals surface area contributed by atoms with E-state index in [-0.39, 0.29) is 23.1 Å². The topological polar surface area (TPSA) is 145 Å². The highest BCUT2D eigenvalue weighted by molar-refractivity contribution is 7.92. The summed E-state index contributed by atoms with van der Waals surface area (Å²) in [5.41, 5.74) is 6.32. The average molecular weight is 396 g/mol. The molecule has 11 heteroatoms. The van der Waals surface area contributed by atoms with Crippen molar-refractivity contribution in [1.82, 2.24) is 5.16 Å². The zero-order chi connectivity index (χ0) is 20.2. The normalized spacial score (nSPS) is 11.1. The predicted molar refractivity (Wildman–Crippen MR) is 96.8 cm³/mol. The van der Waals surface area contributed by atoms with Crippen molar-refractivity contribution in [1.29, 1.82) is 0 Å². The SMILES string of the molecule is CCOC(=O)CN(C(N)=O)c1ccccc1S(=O)(=O)Nc1onc(C)c1C. The molecule has 10 nitrogen and oxygen atoms in total. The fourth-order valence-corrected chi connectivity index (χ4v) is 3.47. The zero-order valence-electron chi connectivity index (χ0n) is 15.1. The molecule has 0 aliphatic heterocycles. The molecule has 27 heavy (non-hydrogen) atoms. The van der Waals surface area contributed by atoms with Crippen molar-refractivity contribution in [3.05, 3.63) is 35.5 Å². The third kappa shape index (κ3) is 4.56. The highest BCUT2D eigenvalue weighted by atomic mass is 32.2. The molecule has 1 aromatic heterocycles. The Morgan fingerprint density at radius 2 is 1.96 bits per heavy atom. The van der Waals surface area contributed by atoms with Gasteiger partial charge in [-0.25, -0.2) is 17.9 Å². The second-order valence-electron chi connectivity index (χ2n) is 5.52. The quantitative estimate of drug-likeness (QED) is 0.675. The summed E-state index contributed by atoms with van der Waals surface area (Å²) in [6.07, 6.45) is 0. The number of amides is 2. The summed E-state index contributed by atoms with van der Waals surface area (Å²) in [6, 6.07) is 4.62. The van der Waals surface area contributed by atoms with E-state index >= 15 is 0 Å². The number of carbonyl (C=O) groups is 2. The van der Waals surface area contributed by atoms with Crippen LogP contribution in [0.3, 0.4) is 0 Å². The number of primary amides is 1. The smallest absolute Gasteiger partial charge is 0.326 e. The van der Waals surface area contributed by atoms with Gasteiger partial charge in [0.05, 0.1) is 18.0 Å². The number of nitrogens with one attached hydrogen (secondary N) is 1. The number of aromatic nitrogens is 1. The summed E-state index contributed by atoms with van der Waals surface area (Å²) in [4.78, 5) is 24.2. The molecule has 146 valence electrons. The van der Waals surface area contributed by atoms with E-state index in [9.17, 15) is 18.0 Å². The molecule has 1 aromatic carbocycles. The van der Waals surface area contributed by atoms with Gasteiger partial charge in [-0.2, -0.15) is 0 Å². The van der Waals surface area contributed by atoms with E-state index in [0.717, 1.165) is 4.90 Å². The molecule has 0 bridgehead atoms. The number of esters is 1. The largest absolute Gasteiger partial charge is 0.465 e. The van der Waals surface area contributed by atoms with Crippen molar-refractivity contribution < 1.29 is 27.3 Å². The van der Waals surface area contributed by atoms with Crippen LogP contribution in [0.4, 0.5) is 16.4 Å². The van der Waals surface area contributed by atoms with Crippen LogP contribution in [0.1, 0.15) is 18.2 Å². The van der Waals surface area contributed by atoms with Crippen LogP contribution in [0, 0.1) is 13.8 Å². The Labute approximate surface area is 156 Å². The Hall–Kier alpha value is -3.08. The molecule has 0 spiro atoms. The molecule has 0 atom stereocenters. The summed E-state index contributed by atoms with van der Waals surface area (Å²) in [7, 11) is -4.17. The van der Waals surface area contributed by atoms with Gasteiger partial charge in [0.2, 0.25) is 5.88 Å². The maximum atomic E-state index is 12.8. The van der Waals surface area contributed by atoms with Crippen molar-refractivity contribution in [3.63, 3.8) is 0 Å². The van der Waals surface area contributed by atoms with Gasteiger partial charge < -0.3 is 15.0 Å². The van der Waals surface area contributed by atoms with Crippen molar-refractivity contribution in [3.8, 4) is 0 Å². The number of hydrogen-bond donors (Lipinski definition) is 2. The van der Waals surface area contributed by atoms with Crippen molar-refractivity contribution in [2.75, 3.05) is 22.8 Å². The lowest BCUT2D eigenvalue weighted by atomic mass is 10.3. The number of benzene rings is 1. The molecule has 2 aromatic rings. The van der Waals surface area contributed by atoms with Gasteiger partial charge in [-0.3, -0.25) is 9.69 Å². The molecule has 0 fully saturated rings. The van der Waals surface area contributed by atoms with Crippen LogP contribution in [-0.4, -0.2) is 38.7 Å². The number of anilines is 2. The number of urea groups is 1. The van der Waals surface area contributed by atoms with E-state index in [0.29, 0.717) is 11.3 Å². The Morgan fingerprint density at radius 3 is 2.52 bits per heavy atom. The molecule has 0 saturated heterocycles. The number of nitrogens with zero attached hydrogens (tertiary/aromatic N) is 2. The number of hydrogen-bond acceptors (Lipinski definition) is 7. The number of ether oxygens (including phenoxy) is 1. The summed E-state index contributed by atoms with van der Waals surface area (Å²) in [5, 5.41) is 3.69. The van der Waals surface area contributed by atoms with Crippen molar-refractivity contribution >= 4 is 33.6 Å². The zero-order valence-corrected chi connectivity index (χ0v) is 15.9. The molecule has 2 rings (SSSR count). The second-order valence-corrected chi connectivity index (χ2v) is 7.18. The molecule has 0 aliphatic carbocycles. The molecule has 3 N–H and O–H groups in total. The van der Waals surface area contributed by atoms with Crippen molar-refractivity contribution in [2.45, 2.75) is 25.7 Å². The van der Waals surface area contributed by atoms with Crippen LogP contribution >= 0.6 is 0 Å². The lowest BCUT2D eigenvalue weighted by Gasteiger charge is -2.22. The Balaban J connectivity index is 2.44. The molecule has 0 radical (unpaired) electrons. The second kappa shape index (κ2) is 8.08. The van der Waals surface area contributed by atoms with Gasteiger partial charge in [0.15, 0.2) is 0 Å². The van der Waals surface area contributed by atoms with Gasteiger partial charge in [0, 0.05) is 5.56 Å². The van der Waals surface area contributed by atoms with Crippen LogP contribution in [0.5, 0.6) is 0 Å². The monoisotopic (exact) mass is 396 g/mol. The minimum Gasteiger partial charge on any atom is -0.465 e. The fourth-order valence-electron chi connectivity index (χ4n) is 2.21. The van der Waals surface area contributed by atoms with Crippen molar-refractivity contribution in [2.24, 2.45) is 5.73 Å². The van der Waals surface area contributed by atoms with Crippen LogP contribution in [-0.2, 0) is 19.6 Å². The maximum absolute atomic E-state index is 12.8. The van der Waals surface area contributed by atoms with E-state index in [4.69, 9.17) is 15.0 Å². The van der Waals surface area contributed by atoms with E-state index in [1.165, 1.54) is 24.3 Å². The molecule has 0 aliphatic rings. The number of sulfonamides is 1. The van der Waals surface area contributed by atoms with Crippen LogP contribution in [0.25, 0.3) is 0 Å². The van der Waals surface area contributed by atoms with Gasteiger partial charge in [-0.15, -0.1) is 0 Å². The third-order valence-corrected chi connectivity index (χ3v) is 5.07. The first-order chi connectivity index (χ1) is 12.7. The van der Waals surface area contributed by atoms with E-state index < -0.39 is 28.6 Å². The van der Waals surface area contributed by atoms with E-state index in [1.54, 1.807) is 20.8 Å². The summed E-state index contributed by atoms with van der Waals surface area (Å²) < 4.78 is 37.7. The van der Waals surface area contributed by atoms with Gasteiger partial charge in [-0.05, 0) is 32.9 Å². The van der Waals surface area contributed by atoms with E-state index in [2.05, 4.69) is 9.88 Å². The highest BCUT2D eigenvalue weighted by Crippen LogP contribution is 2.28. The summed E-state index contributed by atoms with van der Waals surface area (Å²) in [5.74, 6) is -0.767. The molecule has 0 saturated carbocycles. The Bertz CT molecular complexity index is 954. The maximum Gasteiger partial charge on any atom is 0.326 e. The Kier molecular flexibility index (Phi) is 6.05. The number of para-hydroxylation sites is 1. The Morgan fingerprint density at radius 1 is 1.30 bits per heavy atom. The fraction of sp³-hybridized carbons (Fsp3) is 0.312.